The Balaban J connectivity index is 2.17. The molecule has 0 aliphatic heterocycles. The van der Waals surface area contributed by atoms with Gasteiger partial charge in [-0.2, -0.15) is 0 Å². The molecule has 0 aliphatic rings. The van der Waals surface area contributed by atoms with Crippen molar-refractivity contribution in [2.75, 3.05) is 26.6 Å². The summed E-state index contributed by atoms with van der Waals surface area (Å²) >= 11 is 1.25. The number of carboxylic acids is 1. The summed E-state index contributed by atoms with van der Waals surface area (Å²) in [5.74, 6) is 1.26. The van der Waals surface area contributed by atoms with Gasteiger partial charge in [-0.15, -0.1) is 11.8 Å². The van der Waals surface area contributed by atoms with Crippen LogP contribution in [-0.4, -0.2) is 43.4 Å². The van der Waals surface area contributed by atoms with Crippen LogP contribution in [0.1, 0.15) is 28.4 Å². The number of carboxylic acid groups (broad SMARTS) is 1. The van der Waals surface area contributed by atoms with Crippen LogP contribution in [0.2, 0.25) is 0 Å². The van der Waals surface area contributed by atoms with Crippen LogP contribution >= 0.6 is 11.8 Å². The number of rotatable bonds is 11. The second-order valence-corrected chi connectivity index (χ2v) is 6.94. The number of hydrogen-bond acceptors (Lipinski definition) is 6. The van der Waals surface area contributed by atoms with Gasteiger partial charge in [0.05, 0.1) is 26.6 Å². The van der Waals surface area contributed by atoms with Gasteiger partial charge in [-0.3, -0.25) is 9.59 Å². The van der Waals surface area contributed by atoms with Crippen molar-refractivity contribution < 1.29 is 28.9 Å². The zero-order chi connectivity index (χ0) is 21.2. The Kier molecular flexibility index (Phi) is 8.61. The lowest BCUT2D eigenvalue weighted by Crippen LogP contribution is -2.01. The molecule has 7 heteroatoms. The van der Waals surface area contributed by atoms with Crippen molar-refractivity contribution in [2.24, 2.45) is 0 Å². The molecule has 0 saturated carbocycles. The average Bonchev–Trinajstić information content (AvgIpc) is 2.72. The van der Waals surface area contributed by atoms with Crippen LogP contribution in [0.4, 0.5) is 0 Å². The van der Waals surface area contributed by atoms with Crippen molar-refractivity contribution in [3.8, 4) is 17.2 Å². The Hall–Kier alpha value is -2.93. The molecule has 0 heterocycles. The van der Waals surface area contributed by atoms with Gasteiger partial charge in [0, 0.05) is 16.9 Å². The first kappa shape index (κ1) is 22.4. The maximum atomic E-state index is 12.6. The van der Waals surface area contributed by atoms with E-state index in [0.717, 1.165) is 11.1 Å². The molecule has 1 N–H and O–H groups in total. The predicted octanol–water partition coefficient (Wildman–Crippen LogP) is 4.32. The molecule has 0 saturated heterocycles. The Morgan fingerprint density at radius 2 is 1.76 bits per heavy atom. The lowest BCUT2D eigenvalue weighted by Gasteiger charge is -2.10. The predicted molar refractivity (Wildman–Crippen MR) is 114 cm³/mol. The summed E-state index contributed by atoms with van der Waals surface area (Å²) in [6.45, 7) is 2.40. The Morgan fingerprint density at radius 1 is 1.03 bits per heavy atom. The van der Waals surface area contributed by atoms with Crippen molar-refractivity contribution >= 4 is 29.6 Å². The molecule has 0 spiro atoms. The Bertz CT molecular complexity index is 891. The van der Waals surface area contributed by atoms with E-state index in [1.807, 2.05) is 19.1 Å². The minimum Gasteiger partial charge on any atom is -0.496 e. The Morgan fingerprint density at radius 3 is 2.41 bits per heavy atom. The standard InChI is InChI=1S/C22H24O6S/c1-4-28-21-11-15(6-9-20(21)27-3)5-8-18(23)16-7-10-19(26-2)17(12-16)13-29-14-22(24)25/h5-12H,4,13-14H2,1-3H3,(H,24,25)/b8-5+. The van der Waals surface area contributed by atoms with E-state index in [0.29, 0.717) is 35.2 Å². The molecule has 2 aromatic rings. The van der Waals surface area contributed by atoms with Crippen molar-refractivity contribution in [3.63, 3.8) is 0 Å². The molecule has 29 heavy (non-hydrogen) atoms. The summed E-state index contributed by atoms with van der Waals surface area (Å²) in [6, 6.07) is 10.6. The zero-order valence-corrected chi connectivity index (χ0v) is 17.5. The second-order valence-electron chi connectivity index (χ2n) is 5.95. The molecule has 6 nitrogen and oxygen atoms in total. The van der Waals surface area contributed by atoms with Crippen molar-refractivity contribution in [1.82, 2.24) is 0 Å². The quantitative estimate of drug-likeness (QED) is 0.432. The van der Waals surface area contributed by atoms with Gasteiger partial charge < -0.3 is 19.3 Å². The number of thioether (sulfide) groups is 1. The summed E-state index contributed by atoms with van der Waals surface area (Å²) in [4.78, 5) is 23.3. The lowest BCUT2D eigenvalue weighted by molar-refractivity contribution is -0.133. The molecule has 0 fully saturated rings. The summed E-state index contributed by atoms with van der Waals surface area (Å²) in [5.41, 5.74) is 2.10. The highest BCUT2D eigenvalue weighted by molar-refractivity contribution is 7.99. The molecule has 0 aliphatic carbocycles. The number of benzene rings is 2. The fraction of sp³-hybridized carbons (Fsp3) is 0.273. The molecule has 2 aromatic carbocycles. The van der Waals surface area contributed by atoms with Gasteiger partial charge in [-0.25, -0.2) is 0 Å². The van der Waals surface area contributed by atoms with E-state index >= 15 is 0 Å². The van der Waals surface area contributed by atoms with Gasteiger partial charge in [0.2, 0.25) is 0 Å². The van der Waals surface area contributed by atoms with E-state index in [-0.39, 0.29) is 11.5 Å². The summed E-state index contributed by atoms with van der Waals surface area (Å²) < 4.78 is 16.1. The number of ketones is 1. The second kappa shape index (κ2) is 11.2. The van der Waals surface area contributed by atoms with Crippen LogP contribution in [0, 0.1) is 0 Å². The third-order valence-electron chi connectivity index (χ3n) is 3.96. The van der Waals surface area contributed by atoms with Crippen LogP contribution in [0.25, 0.3) is 6.08 Å². The van der Waals surface area contributed by atoms with Crippen LogP contribution in [0.5, 0.6) is 17.2 Å². The number of carbonyl (C=O) groups is 2. The molecule has 0 atom stereocenters. The van der Waals surface area contributed by atoms with Gasteiger partial charge in [0.15, 0.2) is 17.3 Å². The van der Waals surface area contributed by atoms with Gasteiger partial charge in [-0.1, -0.05) is 12.1 Å². The lowest BCUT2D eigenvalue weighted by atomic mass is 10.1. The molecule has 2 rings (SSSR count). The maximum absolute atomic E-state index is 12.6. The van der Waals surface area contributed by atoms with E-state index < -0.39 is 5.97 Å². The number of allylic oxidation sites excluding steroid dienone is 1. The van der Waals surface area contributed by atoms with E-state index in [1.54, 1.807) is 44.6 Å². The largest absolute Gasteiger partial charge is 0.496 e. The number of methoxy groups -OCH3 is 2. The Labute approximate surface area is 174 Å². The highest BCUT2D eigenvalue weighted by atomic mass is 32.2. The highest BCUT2D eigenvalue weighted by Crippen LogP contribution is 2.29. The average molecular weight is 416 g/mol. The number of ether oxygens (including phenoxy) is 3. The fourth-order valence-electron chi connectivity index (χ4n) is 2.63. The molecule has 0 radical (unpaired) electrons. The molecular weight excluding hydrogens is 392 g/mol. The van der Waals surface area contributed by atoms with Crippen molar-refractivity contribution in [3.05, 3.63) is 59.2 Å². The van der Waals surface area contributed by atoms with Crippen molar-refractivity contribution in [2.45, 2.75) is 12.7 Å². The van der Waals surface area contributed by atoms with Crippen LogP contribution in [0.15, 0.2) is 42.5 Å². The molecule has 0 unspecified atom stereocenters. The van der Waals surface area contributed by atoms with Gasteiger partial charge in [0.1, 0.15) is 5.75 Å². The first-order valence-corrected chi connectivity index (χ1v) is 10.1. The SMILES string of the molecule is CCOc1cc(/C=C/C(=O)c2ccc(OC)c(CSCC(=O)O)c2)ccc1OC. The molecule has 0 aromatic heterocycles. The number of carbonyl (C=O) groups excluding carboxylic acids is 1. The van der Waals surface area contributed by atoms with E-state index in [9.17, 15) is 9.59 Å². The molecule has 0 bridgehead atoms. The normalized spacial score (nSPS) is 10.7. The molecular formula is C22H24O6S. The van der Waals surface area contributed by atoms with Crippen LogP contribution in [0.3, 0.4) is 0 Å². The molecule has 0 amide bonds. The van der Waals surface area contributed by atoms with E-state index in [1.165, 1.54) is 17.8 Å². The maximum Gasteiger partial charge on any atom is 0.313 e. The topological polar surface area (TPSA) is 82.1 Å². The van der Waals surface area contributed by atoms with Gasteiger partial charge >= 0.3 is 5.97 Å². The van der Waals surface area contributed by atoms with Gasteiger partial charge in [0.25, 0.3) is 0 Å². The third kappa shape index (κ3) is 6.57. The molecule has 154 valence electrons. The third-order valence-corrected chi connectivity index (χ3v) is 4.93. The first-order chi connectivity index (χ1) is 14.0. The van der Waals surface area contributed by atoms with Gasteiger partial charge in [-0.05, 0) is 48.9 Å². The van der Waals surface area contributed by atoms with E-state index in [2.05, 4.69) is 0 Å². The number of aliphatic carboxylic acids is 1. The highest BCUT2D eigenvalue weighted by Gasteiger charge is 2.10. The summed E-state index contributed by atoms with van der Waals surface area (Å²) in [6.07, 6.45) is 3.21. The van der Waals surface area contributed by atoms with Crippen LogP contribution in [-0.2, 0) is 10.5 Å². The fourth-order valence-corrected chi connectivity index (χ4v) is 3.35. The monoisotopic (exact) mass is 416 g/mol. The zero-order valence-electron chi connectivity index (χ0n) is 16.6. The van der Waals surface area contributed by atoms with Crippen LogP contribution < -0.4 is 14.2 Å². The van der Waals surface area contributed by atoms with E-state index in [4.69, 9.17) is 19.3 Å². The first-order valence-electron chi connectivity index (χ1n) is 8.98. The van der Waals surface area contributed by atoms with Crippen molar-refractivity contribution in [1.29, 1.82) is 0 Å². The summed E-state index contributed by atoms with van der Waals surface area (Å²) in [7, 11) is 3.12. The minimum absolute atomic E-state index is 0.0130. The smallest absolute Gasteiger partial charge is 0.313 e. The summed E-state index contributed by atoms with van der Waals surface area (Å²) in [5, 5.41) is 8.79. The minimum atomic E-state index is -0.880. The number of hydrogen-bond donors (Lipinski definition) is 1.